The SMILES string of the molecule is COCC(=O)N(C)Cc1cccc(C(F)(F)F)c1. The Morgan fingerprint density at radius 3 is 2.61 bits per heavy atom. The van der Waals surface area contributed by atoms with Crippen LogP contribution in [0.5, 0.6) is 0 Å². The highest BCUT2D eigenvalue weighted by atomic mass is 19.4. The molecule has 0 spiro atoms. The van der Waals surface area contributed by atoms with Crippen LogP contribution >= 0.6 is 0 Å². The van der Waals surface area contributed by atoms with Crippen molar-refractivity contribution in [2.75, 3.05) is 20.8 Å². The lowest BCUT2D eigenvalue weighted by atomic mass is 10.1. The highest BCUT2D eigenvalue weighted by Gasteiger charge is 2.30. The van der Waals surface area contributed by atoms with Gasteiger partial charge in [0.1, 0.15) is 6.61 Å². The van der Waals surface area contributed by atoms with Gasteiger partial charge < -0.3 is 9.64 Å². The first-order chi connectivity index (χ1) is 8.34. The number of alkyl halides is 3. The molecule has 18 heavy (non-hydrogen) atoms. The maximum absolute atomic E-state index is 12.5. The van der Waals surface area contributed by atoms with Crippen LogP contribution in [0.1, 0.15) is 11.1 Å². The van der Waals surface area contributed by atoms with Gasteiger partial charge in [0.2, 0.25) is 5.91 Å². The predicted octanol–water partition coefficient (Wildman–Crippen LogP) is 2.31. The molecule has 100 valence electrons. The molecule has 1 amide bonds. The topological polar surface area (TPSA) is 29.5 Å². The first-order valence-electron chi connectivity index (χ1n) is 5.23. The van der Waals surface area contributed by atoms with Crippen molar-refractivity contribution in [2.45, 2.75) is 12.7 Å². The molecule has 6 heteroatoms. The van der Waals surface area contributed by atoms with Crippen molar-refractivity contribution in [1.29, 1.82) is 0 Å². The Morgan fingerprint density at radius 1 is 1.39 bits per heavy atom. The van der Waals surface area contributed by atoms with Gasteiger partial charge in [0.25, 0.3) is 0 Å². The zero-order valence-electron chi connectivity index (χ0n) is 10.1. The molecule has 1 rings (SSSR count). The summed E-state index contributed by atoms with van der Waals surface area (Å²) in [5.41, 5.74) is -0.288. The van der Waals surface area contributed by atoms with E-state index in [9.17, 15) is 18.0 Å². The first kappa shape index (κ1) is 14.5. The van der Waals surface area contributed by atoms with E-state index >= 15 is 0 Å². The highest BCUT2D eigenvalue weighted by molar-refractivity contribution is 5.77. The molecule has 0 aliphatic carbocycles. The summed E-state index contributed by atoms with van der Waals surface area (Å²) >= 11 is 0. The van der Waals surface area contributed by atoms with Crippen molar-refractivity contribution in [2.24, 2.45) is 0 Å². The summed E-state index contributed by atoms with van der Waals surface area (Å²) in [6.07, 6.45) is -4.37. The van der Waals surface area contributed by atoms with E-state index in [1.54, 1.807) is 6.07 Å². The van der Waals surface area contributed by atoms with Crippen LogP contribution in [0.3, 0.4) is 0 Å². The summed E-state index contributed by atoms with van der Waals surface area (Å²) in [4.78, 5) is 12.7. The fourth-order valence-corrected chi connectivity index (χ4v) is 1.44. The minimum absolute atomic E-state index is 0.0878. The molecule has 1 aromatic carbocycles. The summed E-state index contributed by atoms with van der Waals surface area (Å²) in [5, 5.41) is 0. The average Bonchev–Trinajstić information content (AvgIpc) is 2.28. The minimum Gasteiger partial charge on any atom is -0.375 e. The summed E-state index contributed by atoms with van der Waals surface area (Å²) in [6.45, 7) is 0.0293. The standard InChI is InChI=1S/C12H14F3NO2/c1-16(11(17)8-18-2)7-9-4-3-5-10(6-9)12(13,14)15/h3-6H,7-8H2,1-2H3. The van der Waals surface area contributed by atoms with Crippen LogP contribution in [0.15, 0.2) is 24.3 Å². The molecule has 1 aromatic rings. The lowest BCUT2D eigenvalue weighted by Gasteiger charge is -2.17. The molecule has 0 saturated heterocycles. The van der Waals surface area contributed by atoms with E-state index in [2.05, 4.69) is 4.74 Å². The summed E-state index contributed by atoms with van der Waals surface area (Å²) < 4.78 is 42.1. The van der Waals surface area contributed by atoms with E-state index in [1.165, 1.54) is 25.1 Å². The van der Waals surface area contributed by atoms with Gasteiger partial charge in [-0.25, -0.2) is 0 Å². The maximum atomic E-state index is 12.5. The number of nitrogens with zero attached hydrogens (tertiary/aromatic N) is 1. The van der Waals surface area contributed by atoms with Crippen molar-refractivity contribution in [3.8, 4) is 0 Å². The van der Waals surface area contributed by atoms with Crippen LogP contribution in [-0.4, -0.2) is 31.6 Å². The summed E-state index contributed by atoms with van der Waals surface area (Å²) in [6, 6.07) is 4.91. The van der Waals surface area contributed by atoms with E-state index in [-0.39, 0.29) is 19.1 Å². The Balaban J connectivity index is 2.76. The van der Waals surface area contributed by atoms with Crippen LogP contribution in [0.2, 0.25) is 0 Å². The second-order valence-corrected chi connectivity index (χ2v) is 3.88. The fourth-order valence-electron chi connectivity index (χ4n) is 1.44. The molecular formula is C12H14F3NO2. The van der Waals surface area contributed by atoms with Crippen LogP contribution in [-0.2, 0) is 22.3 Å². The molecule has 0 aromatic heterocycles. The van der Waals surface area contributed by atoms with Crippen molar-refractivity contribution < 1.29 is 22.7 Å². The normalized spacial score (nSPS) is 11.4. The van der Waals surface area contributed by atoms with Crippen molar-refractivity contribution in [3.63, 3.8) is 0 Å². The second kappa shape index (κ2) is 5.86. The van der Waals surface area contributed by atoms with Crippen LogP contribution < -0.4 is 0 Å². The van der Waals surface area contributed by atoms with Gasteiger partial charge in [-0.3, -0.25) is 4.79 Å². The highest BCUT2D eigenvalue weighted by Crippen LogP contribution is 2.29. The number of hydrogen-bond donors (Lipinski definition) is 0. The quantitative estimate of drug-likeness (QED) is 0.832. The van der Waals surface area contributed by atoms with E-state index in [0.29, 0.717) is 5.56 Å². The Morgan fingerprint density at radius 2 is 2.06 bits per heavy atom. The largest absolute Gasteiger partial charge is 0.416 e. The molecule has 0 N–H and O–H groups in total. The van der Waals surface area contributed by atoms with Gasteiger partial charge in [0.15, 0.2) is 0 Å². The number of carbonyl (C=O) groups is 1. The van der Waals surface area contributed by atoms with Gasteiger partial charge in [-0.2, -0.15) is 13.2 Å². The minimum atomic E-state index is -4.37. The third-order valence-electron chi connectivity index (χ3n) is 2.37. The molecule has 0 aliphatic heterocycles. The van der Waals surface area contributed by atoms with Crippen molar-refractivity contribution in [1.82, 2.24) is 4.90 Å². The number of benzene rings is 1. The lowest BCUT2D eigenvalue weighted by Crippen LogP contribution is -2.29. The molecule has 0 unspecified atom stereocenters. The molecule has 3 nitrogen and oxygen atoms in total. The molecule has 0 aliphatic rings. The number of amides is 1. The first-order valence-corrected chi connectivity index (χ1v) is 5.23. The molecule has 0 atom stereocenters. The van der Waals surface area contributed by atoms with Crippen molar-refractivity contribution >= 4 is 5.91 Å². The Labute approximate surface area is 103 Å². The van der Waals surface area contributed by atoms with E-state index in [0.717, 1.165) is 12.1 Å². The Bertz CT molecular complexity index is 418. The van der Waals surface area contributed by atoms with E-state index in [1.807, 2.05) is 0 Å². The maximum Gasteiger partial charge on any atom is 0.416 e. The molecule has 0 saturated carbocycles. The smallest absolute Gasteiger partial charge is 0.375 e. The zero-order valence-corrected chi connectivity index (χ0v) is 10.1. The van der Waals surface area contributed by atoms with Gasteiger partial charge in [-0.1, -0.05) is 12.1 Å². The number of hydrogen-bond acceptors (Lipinski definition) is 2. The van der Waals surface area contributed by atoms with Gasteiger partial charge >= 0.3 is 6.18 Å². The fraction of sp³-hybridized carbons (Fsp3) is 0.417. The molecule has 0 radical (unpaired) electrons. The third kappa shape index (κ3) is 4.03. The number of methoxy groups -OCH3 is 1. The lowest BCUT2D eigenvalue weighted by molar-refractivity contribution is -0.137. The monoisotopic (exact) mass is 261 g/mol. The Kier molecular flexibility index (Phi) is 4.72. The number of likely N-dealkylation sites (N-methyl/N-ethyl adjacent to an activating group) is 1. The number of ether oxygens (including phenoxy) is 1. The van der Waals surface area contributed by atoms with E-state index < -0.39 is 11.7 Å². The summed E-state index contributed by atoms with van der Waals surface area (Å²) in [7, 11) is 2.90. The van der Waals surface area contributed by atoms with Crippen molar-refractivity contribution in [3.05, 3.63) is 35.4 Å². The Hall–Kier alpha value is -1.56. The van der Waals surface area contributed by atoms with Gasteiger partial charge in [0, 0.05) is 20.7 Å². The molecule has 0 heterocycles. The molecular weight excluding hydrogens is 247 g/mol. The van der Waals surface area contributed by atoms with Gasteiger partial charge in [-0.15, -0.1) is 0 Å². The number of carbonyl (C=O) groups excluding carboxylic acids is 1. The predicted molar refractivity (Wildman–Crippen MR) is 59.8 cm³/mol. The molecule has 0 fully saturated rings. The van der Waals surface area contributed by atoms with Gasteiger partial charge in [-0.05, 0) is 17.7 Å². The van der Waals surface area contributed by atoms with Gasteiger partial charge in [0.05, 0.1) is 5.56 Å². The van der Waals surface area contributed by atoms with Crippen LogP contribution in [0.4, 0.5) is 13.2 Å². The number of halogens is 3. The average molecular weight is 261 g/mol. The van der Waals surface area contributed by atoms with Crippen LogP contribution in [0, 0.1) is 0 Å². The number of rotatable bonds is 4. The molecule has 0 bridgehead atoms. The van der Waals surface area contributed by atoms with Crippen LogP contribution in [0.25, 0.3) is 0 Å². The van der Waals surface area contributed by atoms with E-state index in [4.69, 9.17) is 0 Å². The third-order valence-corrected chi connectivity index (χ3v) is 2.37. The zero-order chi connectivity index (χ0) is 13.8. The second-order valence-electron chi connectivity index (χ2n) is 3.88. The summed E-state index contributed by atoms with van der Waals surface area (Å²) in [5.74, 6) is -0.282.